The lowest BCUT2D eigenvalue weighted by Crippen LogP contribution is -2.24. The third kappa shape index (κ3) is 4.06. The Hall–Kier alpha value is -3.41. The summed E-state index contributed by atoms with van der Waals surface area (Å²) in [6, 6.07) is 12.6. The lowest BCUT2D eigenvalue weighted by atomic mass is 10.1. The van der Waals surface area contributed by atoms with Crippen molar-refractivity contribution in [3.05, 3.63) is 65.4 Å². The lowest BCUT2D eigenvalue weighted by Gasteiger charge is -2.16. The van der Waals surface area contributed by atoms with Crippen LogP contribution in [0, 0.1) is 6.92 Å². The average molecular weight is 391 g/mol. The SMILES string of the molecule is Cc1ccc2c(CC(=O)OCC(=O)c3cccc(N4CCCC4=O)c3)coc2c1. The molecule has 1 fully saturated rings. The summed E-state index contributed by atoms with van der Waals surface area (Å²) < 4.78 is 10.7. The number of furan rings is 1. The molecule has 3 aromatic rings. The number of benzene rings is 2. The van der Waals surface area contributed by atoms with E-state index in [2.05, 4.69) is 0 Å². The number of Topliss-reactive ketones (excluding diaryl/α,β-unsaturated/α-hetero) is 1. The Bertz CT molecular complexity index is 1100. The number of amides is 1. The smallest absolute Gasteiger partial charge is 0.310 e. The molecule has 6 nitrogen and oxygen atoms in total. The number of carbonyl (C=O) groups excluding carboxylic acids is 3. The number of hydrogen-bond acceptors (Lipinski definition) is 5. The number of rotatable bonds is 6. The molecule has 0 atom stereocenters. The van der Waals surface area contributed by atoms with Crippen molar-refractivity contribution in [1.82, 2.24) is 0 Å². The van der Waals surface area contributed by atoms with Gasteiger partial charge >= 0.3 is 5.97 Å². The maximum Gasteiger partial charge on any atom is 0.310 e. The van der Waals surface area contributed by atoms with Crippen LogP contribution in [-0.2, 0) is 20.7 Å². The predicted octanol–water partition coefficient (Wildman–Crippen LogP) is 3.84. The largest absolute Gasteiger partial charge is 0.464 e. The Morgan fingerprint density at radius 1 is 1.17 bits per heavy atom. The van der Waals surface area contributed by atoms with E-state index in [1.54, 1.807) is 35.4 Å². The summed E-state index contributed by atoms with van der Waals surface area (Å²) in [4.78, 5) is 38.2. The van der Waals surface area contributed by atoms with Gasteiger partial charge in [-0.1, -0.05) is 24.3 Å². The van der Waals surface area contributed by atoms with Crippen LogP contribution in [-0.4, -0.2) is 30.8 Å². The topological polar surface area (TPSA) is 76.8 Å². The van der Waals surface area contributed by atoms with Crippen LogP contribution in [0.3, 0.4) is 0 Å². The molecule has 1 saturated heterocycles. The second-order valence-corrected chi connectivity index (χ2v) is 7.22. The highest BCUT2D eigenvalue weighted by Gasteiger charge is 2.22. The first-order valence-corrected chi connectivity index (χ1v) is 9.57. The maximum atomic E-state index is 12.5. The molecule has 1 aliphatic heterocycles. The van der Waals surface area contributed by atoms with E-state index in [0.717, 1.165) is 28.5 Å². The molecule has 2 heterocycles. The molecule has 0 radical (unpaired) electrons. The number of ether oxygens (including phenoxy) is 1. The van der Waals surface area contributed by atoms with Gasteiger partial charge in [0.15, 0.2) is 12.4 Å². The van der Waals surface area contributed by atoms with E-state index in [9.17, 15) is 14.4 Å². The van der Waals surface area contributed by atoms with Crippen LogP contribution < -0.4 is 4.90 Å². The van der Waals surface area contributed by atoms with Crippen LogP contribution in [0.1, 0.15) is 34.3 Å². The Labute approximate surface area is 168 Å². The van der Waals surface area contributed by atoms with Crippen LogP contribution in [0.4, 0.5) is 5.69 Å². The molecule has 1 aliphatic rings. The summed E-state index contributed by atoms with van der Waals surface area (Å²) in [7, 11) is 0. The number of ketones is 1. The maximum absolute atomic E-state index is 12.5. The lowest BCUT2D eigenvalue weighted by molar-refractivity contribution is -0.141. The highest BCUT2D eigenvalue weighted by Crippen LogP contribution is 2.24. The average Bonchev–Trinajstić information content (AvgIpc) is 3.32. The van der Waals surface area contributed by atoms with E-state index in [-0.39, 0.29) is 24.7 Å². The van der Waals surface area contributed by atoms with Gasteiger partial charge in [-0.25, -0.2) is 0 Å². The zero-order valence-corrected chi connectivity index (χ0v) is 16.1. The van der Waals surface area contributed by atoms with Gasteiger partial charge in [-0.15, -0.1) is 0 Å². The highest BCUT2D eigenvalue weighted by atomic mass is 16.5. The van der Waals surface area contributed by atoms with Crippen molar-refractivity contribution < 1.29 is 23.5 Å². The summed E-state index contributed by atoms with van der Waals surface area (Å²) in [6.45, 7) is 2.28. The van der Waals surface area contributed by atoms with Gasteiger partial charge in [-0.05, 0) is 37.1 Å². The molecular formula is C23H21NO5. The van der Waals surface area contributed by atoms with Crippen LogP contribution in [0.2, 0.25) is 0 Å². The first-order chi connectivity index (χ1) is 14.0. The molecule has 148 valence electrons. The molecule has 0 aliphatic carbocycles. The van der Waals surface area contributed by atoms with Gasteiger partial charge in [0.2, 0.25) is 5.91 Å². The molecule has 29 heavy (non-hydrogen) atoms. The van der Waals surface area contributed by atoms with E-state index in [1.807, 2.05) is 25.1 Å². The third-order valence-corrected chi connectivity index (χ3v) is 5.06. The van der Waals surface area contributed by atoms with Gasteiger partial charge in [0.05, 0.1) is 12.7 Å². The van der Waals surface area contributed by atoms with Crippen LogP contribution in [0.5, 0.6) is 0 Å². The molecule has 0 spiro atoms. The molecule has 2 aromatic carbocycles. The van der Waals surface area contributed by atoms with Crippen LogP contribution >= 0.6 is 0 Å². The zero-order chi connectivity index (χ0) is 20.4. The van der Waals surface area contributed by atoms with Gasteiger partial charge < -0.3 is 14.1 Å². The number of anilines is 1. The van der Waals surface area contributed by atoms with E-state index < -0.39 is 5.97 Å². The molecule has 0 N–H and O–H groups in total. The summed E-state index contributed by atoms with van der Waals surface area (Å²) in [5.41, 5.74) is 3.64. The molecule has 6 heteroatoms. The second-order valence-electron chi connectivity index (χ2n) is 7.22. The summed E-state index contributed by atoms with van der Waals surface area (Å²) in [6.07, 6.45) is 2.92. The minimum atomic E-state index is -0.493. The monoisotopic (exact) mass is 391 g/mol. The summed E-state index contributed by atoms with van der Waals surface area (Å²) in [5.74, 6) is -0.740. The number of fused-ring (bicyclic) bond motifs is 1. The minimum Gasteiger partial charge on any atom is -0.464 e. The predicted molar refractivity (Wildman–Crippen MR) is 108 cm³/mol. The van der Waals surface area contributed by atoms with Crippen LogP contribution in [0.15, 0.2) is 53.1 Å². The Balaban J connectivity index is 1.38. The summed E-state index contributed by atoms with van der Waals surface area (Å²) >= 11 is 0. The Kier molecular flexibility index (Phi) is 5.16. The van der Waals surface area contributed by atoms with Crippen LogP contribution in [0.25, 0.3) is 11.0 Å². The van der Waals surface area contributed by atoms with Crippen molar-refractivity contribution in [2.75, 3.05) is 18.1 Å². The number of nitrogens with zero attached hydrogens (tertiary/aromatic N) is 1. The normalized spacial score (nSPS) is 13.8. The van der Waals surface area contributed by atoms with Crippen molar-refractivity contribution in [2.45, 2.75) is 26.2 Å². The molecule has 4 rings (SSSR count). The molecular weight excluding hydrogens is 370 g/mol. The van der Waals surface area contributed by atoms with Crippen molar-refractivity contribution in [2.24, 2.45) is 0 Å². The molecule has 0 unspecified atom stereocenters. The van der Waals surface area contributed by atoms with Crippen molar-refractivity contribution in [1.29, 1.82) is 0 Å². The van der Waals surface area contributed by atoms with Gasteiger partial charge in [-0.2, -0.15) is 0 Å². The van der Waals surface area contributed by atoms with E-state index in [1.165, 1.54) is 0 Å². The van der Waals surface area contributed by atoms with Crippen molar-refractivity contribution >= 4 is 34.3 Å². The quantitative estimate of drug-likeness (QED) is 0.471. The zero-order valence-electron chi connectivity index (χ0n) is 16.1. The Morgan fingerprint density at radius 2 is 2.03 bits per heavy atom. The summed E-state index contributed by atoms with van der Waals surface area (Å²) in [5, 5.41) is 0.863. The molecule has 0 bridgehead atoms. The van der Waals surface area contributed by atoms with Gasteiger partial charge in [-0.3, -0.25) is 14.4 Å². The van der Waals surface area contributed by atoms with Gasteiger partial charge in [0.25, 0.3) is 0 Å². The fraction of sp³-hybridized carbons (Fsp3) is 0.261. The first kappa shape index (κ1) is 18.9. The number of hydrogen-bond donors (Lipinski definition) is 0. The molecule has 0 saturated carbocycles. The highest BCUT2D eigenvalue weighted by molar-refractivity contribution is 6.01. The number of esters is 1. The number of carbonyl (C=O) groups is 3. The minimum absolute atomic E-state index is 0.0334. The van der Waals surface area contributed by atoms with Crippen molar-refractivity contribution in [3.63, 3.8) is 0 Å². The number of aryl methyl sites for hydroxylation is 1. The van der Waals surface area contributed by atoms with E-state index in [0.29, 0.717) is 24.2 Å². The molecule has 1 aromatic heterocycles. The first-order valence-electron chi connectivity index (χ1n) is 9.57. The fourth-order valence-corrected chi connectivity index (χ4v) is 3.53. The van der Waals surface area contributed by atoms with Gasteiger partial charge in [0.1, 0.15) is 5.58 Å². The standard InChI is InChI=1S/C23H21NO5/c1-15-7-8-19-17(13-28-21(19)10-15)12-23(27)29-14-20(25)16-4-2-5-18(11-16)24-9-3-6-22(24)26/h2,4-5,7-8,10-11,13H,3,6,9,12,14H2,1H3. The third-order valence-electron chi connectivity index (χ3n) is 5.06. The second kappa shape index (κ2) is 7.91. The molecule has 1 amide bonds. The van der Waals surface area contributed by atoms with E-state index >= 15 is 0 Å². The van der Waals surface area contributed by atoms with Gasteiger partial charge in [0, 0.05) is 35.2 Å². The van der Waals surface area contributed by atoms with Crippen molar-refractivity contribution in [3.8, 4) is 0 Å². The fourth-order valence-electron chi connectivity index (χ4n) is 3.53. The Morgan fingerprint density at radius 3 is 2.83 bits per heavy atom. The van der Waals surface area contributed by atoms with E-state index in [4.69, 9.17) is 9.15 Å².